The third kappa shape index (κ3) is 5.59. The van der Waals surface area contributed by atoms with Crippen LogP contribution in [0, 0.1) is 6.92 Å². The first-order valence-corrected chi connectivity index (χ1v) is 7.26. The minimum absolute atomic E-state index is 0.0739. The van der Waals surface area contributed by atoms with Crippen LogP contribution >= 0.6 is 27.7 Å². The van der Waals surface area contributed by atoms with Crippen LogP contribution in [0.4, 0.5) is 0 Å². The van der Waals surface area contributed by atoms with Gasteiger partial charge in [0.15, 0.2) is 0 Å². The van der Waals surface area contributed by atoms with E-state index in [9.17, 15) is 4.79 Å². The molecule has 1 aromatic rings. The third-order valence-electron chi connectivity index (χ3n) is 2.01. The van der Waals surface area contributed by atoms with E-state index < -0.39 is 0 Å². The van der Waals surface area contributed by atoms with Gasteiger partial charge in [-0.3, -0.25) is 4.79 Å². The number of carbonyl (C=O) groups excluding carboxylic acids is 1. The van der Waals surface area contributed by atoms with Crippen molar-refractivity contribution in [2.75, 3.05) is 5.75 Å². The molecule has 1 amide bonds. The van der Waals surface area contributed by atoms with Gasteiger partial charge in [0.1, 0.15) is 0 Å². The molecule has 0 aliphatic heterocycles. The Balaban J connectivity index is 2.53. The summed E-state index contributed by atoms with van der Waals surface area (Å²) in [5.74, 6) is 0.532. The van der Waals surface area contributed by atoms with Gasteiger partial charge in [0.05, 0.1) is 5.75 Å². The molecule has 1 N–H and O–H groups in total. The van der Waals surface area contributed by atoms with Crippen molar-refractivity contribution in [2.45, 2.75) is 38.1 Å². The Morgan fingerprint density at radius 1 is 1.41 bits per heavy atom. The molecule has 0 bridgehead atoms. The van der Waals surface area contributed by atoms with Gasteiger partial charge in [-0.1, -0.05) is 15.9 Å². The summed E-state index contributed by atoms with van der Waals surface area (Å²) in [5, 5.41) is 2.95. The fourth-order valence-corrected chi connectivity index (χ4v) is 2.66. The highest BCUT2D eigenvalue weighted by Crippen LogP contribution is 2.25. The monoisotopic (exact) mass is 315 g/mol. The quantitative estimate of drug-likeness (QED) is 0.860. The molecular formula is C13H18BrNOS. The van der Waals surface area contributed by atoms with Crippen molar-refractivity contribution >= 4 is 33.6 Å². The summed E-state index contributed by atoms with van der Waals surface area (Å²) >= 11 is 5.00. The number of amides is 1. The van der Waals surface area contributed by atoms with Crippen molar-refractivity contribution in [3.05, 3.63) is 28.2 Å². The molecule has 0 spiro atoms. The predicted molar refractivity (Wildman–Crippen MR) is 77.5 cm³/mol. The first-order chi connectivity index (χ1) is 7.78. The average molecular weight is 316 g/mol. The number of rotatable bonds is 3. The Bertz CT molecular complexity index is 412. The van der Waals surface area contributed by atoms with Crippen LogP contribution in [0.5, 0.6) is 0 Å². The lowest BCUT2D eigenvalue weighted by Crippen LogP contribution is -2.41. The van der Waals surface area contributed by atoms with Crippen molar-refractivity contribution < 1.29 is 4.79 Å². The number of thioether (sulfide) groups is 1. The van der Waals surface area contributed by atoms with Crippen LogP contribution in [-0.4, -0.2) is 17.2 Å². The van der Waals surface area contributed by atoms with E-state index >= 15 is 0 Å². The van der Waals surface area contributed by atoms with E-state index in [2.05, 4.69) is 34.2 Å². The van der Waals surface area contributed by atoms with Gasteiger partial charge < -0.3 is 5.32 Å². The minimum Gasteiger partial charge on any atom is -0.351 e. The van der Waals surface area contributed by atoms with E-state index in [4.69, 9.17) is 0 Å². The van der Waals surface area contributed by atoms with E-state index in [1.54, 1.807) is 11.8 Å². The number of hydrogen-bond acceptors (Lipinski definition) is 2. The highest BCUT2D eigenvalue weighted by atomic mass is 79.9. The van der Waals surface area contributed by atoms with Crippen LogP contribution in [0.25, 0.3) is 0 Å². The van der Waals surface area contributed by atoms with Crippen LogP contribution in [0.3, 0.4) is 0 Å². The van der Waals surface area contributed by atoms with Crippen LogP contribution in [-0.2, 0) is 4.79 Å². The lowest BCUT2D eigenvalue weighted by Gasteiger charge is -2.20. The minimum atomic E-state index is -0.160. The SMILES string of the molecule is Cc1cc(Br)ccc1SCC(=O)NC(C)(C)C. The molecule has 0 saturated carbocycles. The maximum Gasteiger partial charge on any atom is 0.230 e. The number of nitrogens with one attached hydrogen (secondary N) is 1. The molecule has 0 heterocycles. The second-order valence-corrected chi connectivity index (χ2v) is 6.93. The molecule has 0 aliphatic carbocycles. The summed E-state index contributed by atoms with van der Waals surface area (Å²) in [7, 11) is 0. The average Bonchev–Trinajstić information content (AvgIpc) is 2.13. The zero-order valence-electron chi connectivity index (χ0n) is 10.6. The Morgan fingerprint density at radius 2 is 2.06 bits per heavy atom. The fourth-order valence-electron chi connectivity index (χ4n) is 1.37. The summed E-state index contributed by atoms with van der Waals surface area (Å²) in [4.78, 5) is 12.8. The van der Waals surface area contributed by atoms with Crippen molar-refractivity contribution in [3.63, 3.8) is 0 Å². The third-order valence-corrected chi connectivity index (χ3v) is 3.68. The Morgan fingerprint density at radius 3 is 2.59 bits per heavy atom. The van der Waals surface area contributed by atoms with E-state index in [1.165, 1.54) is 5.56 Å². The molecule has 4 heteroatoms. The smallest absolute Gasteiger partial charge is 0.230 e. The molecule has 94 valence electrons. The number of carbonyl (C=O) groups is 1. The van der Waals surface area contributed by atoms with E-state index in [0.29, 0.717) is 5.75 Å². The largest absolute Gasteiger partial charge is 0.351 e. The molecular weight excluding hydrogens is 298 g/mol. The Labute approximate surface area is 116 Å². The zero-order chi connectivity index (χ0) is 13.1. The highest BCUT2D eigenvalue weighted by molar-refractivity contribution is 9.10. The van der Waals surface area contributed by atoms with Gasteiger partial charge in [-0.15, -0.1) is 11.8 Å². The summed E-state index contributed by atoms with van der Waals surface area (Å²) in [5.41, 5.74) is 1.03. The number of halogens is 1. The van der Waals surface area contributed by atoms with Crippen LogP contribution in [0.1, 0.15) is 26.3 Å². The summed E-state index contributed by atoms with van der Waals surface area (Å²) in [6.45, 7) is 8.01. The molecule has 0 fully saturated rings. The second kappa shape index (κ2) is 5.91. The predicted octanol–water partition coefficient (Wildman–Crippen LogP) is 3.76. The van der Waals surface area contributed by atoms with Gasteiger partial charge in [0.25, 0.3) is 0 Å². The first-order valence-electron chi connectivity index (χ1n) is 5.48. The molecule has 0 radical (unpaired) electrons. The molecule has 0 aliphatic rings. The van der Waals surface area contributed by atoms with Gasteiger partial charge in [0.2, 0.25) is 5.91 Å². The number of aryl methyl sites for hydroxylation is 1. The molecule has 1 rings (SSSR count). The molecule has 0 saturated heterocycles. The van der Waals surface area contributed by atoms with Gasteiger partial charge >= 0.3 is 0 Å². The molecule has 1 aromatic carbocycles. The van der Waals surface area contributed by atoms with Gasteiger partial charge in [-0.2, -0.15) is 0 Å². The topological polar surface area (TPSA) is 29.1 Å². The van der Waals surface area contributed by atoms with Crippen molar-refractivity contribution in [1.29, 1.82) is 0 Å². The fraction of sp³-hybridized carbons (Fsp3) is 0.462. The highest BCUT2D eigenvalue weighted by Gasteiger charge is 2.13. The summed E-state index contributed by atoms with van der Waals surface area (Å²) in [6.07, 6.45) is 0. The molecule has 2 nitrogen and oxygen atoms in total. The molecule has 0 aromatic heterocycles. The van der Waals surface area contributed by atoms with E-state index in [0.717, 1.165) is 9.37 Å². The number of hydrogen-bond donors (Lipinski definition) is 1. The van der Waals surface area contributed by atoms with Gasteiger partial charge in [0, 0.05) is 14.9 Å². The van der Waals surface area contributed by atoms with Crippen LogP contribution in [0.2, 0.25) is 0 Å². The van der Waals surface area contributed by atoms with Crippen LogP contribution in [0.15, 0.2) is 27.6 Å². The standard InChI is InChI=1S/C13H18BrNOS/c1-9-7-10(14)5-6-11(9)17-8-12(16)15-13(2,3)4/h5-7H,8H2,1-4H3,(H,15,16). The Kier molecular flexibility index (Phi) is 5.07. The lowest BCUT2D eigenvalue weighted by molar-refractivity contribution is -0.119. The maximum absolute atomic E-state index is 11.7. The van der Waals surface area contributed by atoms with E-state index in [-0.39, 0.29) is 11.4 Å². The van der Waals surface area contributed by atoms with E-state index in [1.807, 2.05) is 32.9 Å². The van der Waals surface area contributed by atoms with Crippen molar-refractivity contribution in [1.82, 2.24) is 5.32 Å². The Hall–Kier alpha value is -0.480. The second-order valence-electron chi connectivity index (χ2n) is 5.00. The summed E-state index contributed by atoms with van der Waals surface area (Å²) in [6, 6.07) is 6.09. The number of benzene rings is 1. The zero-order valence-corrected chi connectivity index (χ0v) is 13.0. The molecule has 0 unspecified atom stereocenters. The first kappa shape index (κ1) is 14.6. The molecule has 17 heavy (non-hydrogen) atoms. The van der Waals surface area contributed by atoms with Gasteiger partial charge in [-0.25, -0.2) is 0 Å². The van der Waals surface area contributed by atoms with Gasteiger partial charge in [-0.05, 0) is 51.5 Å². The maximum atomic E-state index is 11.7. The lowest BCUT2D eigenvalue weighted by atomic mass is 10.1. The van der Waals surface area contributed by atoms with Crippen molar-refractivity contribution in [3.8, 4) is 0 Å². The normalized spacial score (nSPS) is 11.4. The molecule has 0 atom stereocenters. The van der Waals surface area contributed by atoms with Crippen molar-refractivity contribution in [2.24, 2.45) is 0 Å². The summed E-state index contributed by atoms with van der Waals surface area (Å²) < 4.78 is 1.07. The van der Waals surface area contributed by atoms with Crippen LogP contribution < -0.4 is 5.32 Å².